The molecule has 30 heavy (non-hydrogen) atoms. The van der Waals surface area contributed by atoms with Gasteiger partial charge in [-0.3, -0.25) is 14.5 Å². The highest BCUT2D eigenvalue weighted by molar-refractivity contribution is 7.99. The minimum atomic E-state index is -0.0827. The van der Waals surface area contributed by atoms with Gasteiger partial charge < -0.3 is 14.4 Å². The van der Waals surface area contributed by atoms with Gasteiger partial charge in [0.15, 0.2) is 11.4 Å². The summed E-state index contributed by atoms with van der Waals surface area (Å²) < 4.78 is 10.9. The zero-order chi connectivity index (χ0) is 21.8. The van der Waals surface area contributed by atoms with Gasteiger partial charge in [-0.05, 0) is 30.9 Å². The van der Waals surface area contributed by atoms with Gasteiger partial charge in [0.1, 0.15) is 0 Å². The van der Waals surface area contributed by atoms with Gasteiger partial charge in [0.25, 0.3) is 5.91 Å². The van der Waals surface area contributed by atoms with E-state index in [0.29, 0.717) is 56.5 Å². The van der Waals surface area contributed by atoms with Crippen LogP contribution in [0.1, 0.15) is 24.2 Å². The van der Waals surface area contributed by atoms with E-state index in [2.05, 4.69) is 9.69 Å². The molecule has 0 spiro atoms. The minimum absolute atomic E-state index is 0.0827. The molecule has 0 bridgehead atoms. The largest absolute Gasteiger partial charge is 0.380 e. The van der Waals surface area contributed by atoms with Crippen LogP contribution < -0.4 is 0 Å². The zero-order valence-electron chi connectivity index (χ0n) is 17.3. The topological polar surface area (TPSA) is 47.5 Å². The number of carbonyl (C=O) groups is 1. The van der Waals surface area contributed by atoms with Crippen molar-refractivity contribution in [2.24, 2.45) is 0 Å². The van der Waals surface area contributed by atoms with Gasteiger partial charge in [-0.1, -0.05) is 42.1 Å². The van der Waals surface area contributed by atoms with Crippen LogP contribution in [0.5, 0.6) is 0 Å². The van der Waals surface area contributed by atoms with E-state index in [1.54, 1.807) is 23.1 Å². The summed E-state index contributed by atoms with van der Waals surface area (Å²) in [6, 6.07) is 12.6. The second-order valence-corrected chi connectivity index (χ2v) is 7.27. The average molecular weight is 424 g/mol. The van der Waals surface area contributed by atoms with Crippen LogP contribution in [0.4, 0.5) is 11.4 Å². The van der Waals surface area contributed by atoms with E-state index in [9.17, 15) is 4.79 Å². The Balaban J connectivity index is 2.25. The fourth-order valence-electron chi connectivity index (χ4n) is 2.73. The van der Waals surface area contributed by atoms with Gasteiger partial charge in [0.2, 0.25) is 0 Å². The first-order chi connectivity index (χ1) is 14.6. The van der Waals surface area contributed by atoms with Crippen molar-refractivity contribution in [1.29, 1.82) is 0 Å². The normalized spacial score (nSPS) is 10.3. The van der Waals surface area contributed by atoms with Crippen molar-refractivity contribution in [3.63, 3.8) is 0 Å². The first-order valence-corrected chi connectivity index (χ1v) is 10.6. The van der Waals surface area contributed by atoms with E-state index >= 15 is 0 Å². The number of rotatable bonds is 11. The molecule has 0 unspecified atom stereocenters. The van der Waals surface area contributed by atoms with Gasteiger partial charge in [-0.15, -0.1) is 0 Å². The fourth-order valence-corrected chi connectivity index (χ4v) is 3.71. The minimum Gasteiger partial charge on any atom is -0.380 e. The number of amides is 1. The molecule has 0 aliphatic rings. The lowest BCUT2D eigenvalue weighted by molar-refractivity contribution is 0.0547. The quantitative estimate of drug-likeness (QED) is 0.356. The number of benzene rings is 2. The van der Waals surface area contributed by atoms with E-state index in [1.807, 2.05) is 38.1 Å². The monoisotopic (exact) mass is 423 g/mol. The predicted octanol–water partition coefficient (Wildman–Crippen LogP) is 5.45. The second-order valence-electron chi connectivity index (χ2n) is 6.16. The standard InChI is InChI=1S/C23H25N3O3S/c1-5-28-15-13-26(14-16-29-6-2)23(27)19-9-7-8-10-22(19)30-18-11-12-20(24-3)21(17-18)25-4/h7-12,17H,5-6,13-16H2,1-2H3. The third-order valence-electron chi connectivity index (χ3n) is 4.24. The highest BCUT2D eigenvalue weighted by Gasteiger charge is 2.19. The van der Waals surface area contributed by atoms with Gasteiger partial charge in [-0.2, -0.15) is 0 Å². The summed E-state index contributed by atoms with van der Waals surface area (Å²) in [5.74, 6) is -0.0827. The Morgan fingerprint density at radius 1 is 0.967 bits per heavy atom. The molecule has 7 heteroatoms. The average Bonchev–Trinajstić information content (AvgIpc) is 2.78. The van der Waals surface area contributed by atoms with Crippen molar-refractivity contribution >= 4 is 29.0 Å². The zero-order valence-corrected chi connectivity index (χ0v) is 18.1. The molecule has 0 atom stereocenters. The molecule has 0 heterocycles. The maximum absolute atomic E-state index is 13.3. The highest BCUT2D eigenvalue weighted by Crippen LogP contribution is 2.37. The summed E-state index contributed by atoms with van der Waals surface area (Å²) in [5.41, 5.74) is 1.24. The molecule has 2 aromatic carbocycles. The summed E-state index contributed by atoms with van der Waals surface area (Å²) in [7, 11) is 0. The molecule has 0 aliphatic carbocycles. The van der Waals surface area contributed by atoms with Gasteiger partial charge in [0, 0.05) is 31.2 Å². The maximum atomic E-state index is 13.3. The van der Waals surface area contributed by atoms with Crippen LogP contribution in [0.3, 0.4) is 0 Å². The molecule has 0 aromatic heterocycles. The third kappa shape index (κ3) is 6.60. The Hall–Kier alpha value is -2.84. The molecule has 0 N–H and O–H groups in total. The maximum Gasteiger partial charge on any atom is 0.255 e. The van der Waals surface area contributed by atoms with Crippen molar-refractivity contribution in [2.75, 3.05) is 39.5 Å². The van der Waals surface area contributed by atoms with Crippen LogP contribution in [0.15, 0.2) is 52.3 Å². The molecule has 0 aliphatic heterocycles. The third-order valence-corrected chi connectivity index (χ3v) is 5.31. The predicted molar refractivity (Wildman–Crippen MR) is 118 cm³/mol. The molecule has 156 valence electrons. The van der Waals surface area contributed by atoms with Gasteiger partial charge >= 0.3 is 0 Å². The SMILES string of the molecule is [C-]#[N+]c1ccc(Sc2ccccc2C(=O)N(CCOCC)CCOCC)cc1[N+]#[C-]. The van der Waals surface area contributed by atoms with Crippen molar-refractivity contribution < 1.29 is 14.3 Å². The van der Waals surface area contributed by atoms with Crippen LogP contribution in [-0.4, -0.2) is 50.3 Å². The Kier molecular flexibility index (Phi) is 9.90. The summed E-state index contributed by atoms with van der Waals surface area (Å²) in [6.07, 6.45) is 0. The lowest BCUT2D eigenvalue weighted by atomic mass is 10.2. The van der Waals surface area contributed by atoms with Crippen molar-refractivity contribution in [1.82, 2.24) is 4.90 Å². The summed E-state index contributed by atoms with van der Waals surface area (Å²) in [4.78, 5) is 23.4. The molecule has 2 rings (SSSR count). The Morgan fingerprint density at radius 3 is 2.20 bits per heavy atom. The van der Waals surface area contributed by atoms with E-state index in [4.69, 9.17) is 22.6 Å². The van der Waals surface area contributed by atoms with Crippen LogP contribution in [0, 0.1) is 13.1 Å². The lowest BCUT2D eigenvalue weighted by Crippen LogP contribution is -2.37. The number of hydrogen-bond acceptors (Lipinski definition) is 4. The van der Waals surface area contributed by atoms with Crippen molar-refractivity contribution in [3.8, 4) is 0 Å². The summed E-state index contributed by atoms with van der Waals surface area (Å²) in [5, 5.41) is 0. The lowest BCUT2D eigenvalue weighted by Gasteiger charge is -2.23. The van der Waals surface area contributed by atoms with E-state index < -0.39 is 0 Å². The summed E-state index contributed by atoms with van der Waals surface area (Å²) in [6.45, 7) is 21.4. The molecule has 1 amide bonds. The number of nitrogens with zero attached hydrogens (tertiary/aromatic N) is 3. The molecule has 0 radical (unpaired) electrons. The molecule has 2 aromatic rings. The van der Waals surface area contributed by atoms with Crippen LogP contribution in [0.2, 0.25) is 0 Å². The summed E-state index contributed by atoms with van der Waals surface area (Å²) >= 11 is 1.41. The highest BCUT2D eigenvalue weighted by atomic mass is 32.2. The first kappa shape index (κ1) is 23.4. The van der Waals surface area contributed by atoms with Crippen LogP contribution >= 0.6 is 11.8 Å². The van der Waals surface area contributed by atoms with E-state index in [1.165, 1.54) is 11.8 Å². The molecule has 0 saturated heterocycles. The van der Waals surface area contributed by atoms with Crippen LogP contribution in [0.25, 0.3) is 9.69 Å². The van der Waals surface area contributed by atoms with E-state index in [-0.39, 0.29) is 5.91 Å². The Morgan fingerprint density at radius 2 is 1.60 bits per heavy atom. The fraction of sp³-hybridized carbons (Fsp3) is 0.348. The Labute approximate surface area is 182 Å². The van der Waals surface area contributed by atoms with Gasteiger partial charge in [0.05, 0.1) is 31.9 Å². The van der Waals surface area contributed by atoms with Crippen molar-refractivity contribution in [2.45, 2.75) is 23.6 Å². The molecule has 0 fully saturated rings. The molecule has 0 saturated carbocycles. The van der Waals surface area contributed by atoms with Crippen molar-refractivity contribution in [3.05, 3.63) is 70.9 Å². The number of ether oxygens (including phenoxy) is 2. The Bertz CT molecular complexity index is 924. The molecule has 6 nitrogen and oxygen atoms in total. The first-order valence-electron chi connectivity index (χ1n) is 9.75. The molecular formula is C23H25N3O3S. The number of hydrogen-bond donors (Lipinski definition) is 0. The smallest absolute Gasteiger partial charge is 0.255 e. The van der Waals surface area contributed by atoms with Gasteiger partial charge in [-0.25, -0.2) is 0 Å². The molecular weight excluding hydrogens is 398 g/mol. The number of carbonyl (C=O) groups excluding carboxylic acids is 1. The second kappa shape index (κ2) is 12.7. The van der Waals surface area contributed by atoms with E-state index in [0.717, 1.165) is 9.79 Å². The van der Waals surface area contributed by atoms with Crippen LogP contribution in [-0.2, 0) is 9.47 Å².